The molecule has 0 radical (unpaired) electrons. The number of nitrogens with zero attached hydrogens (tertiary/aromatic N) is 1. The third-order valence-corrected chi connectivity index (χ3v) is 2.73. The summed E-state index contributed by atoms with van der Waals surface area (Å²) in [5.74, 6) is 0.252. The van der Waals surface area contributed by atoms with E-state index >= 15 is 0 Å². The molecule has 0 saturated heterocycles. The van der Waals surface area contributed by atoms with Gasteiger partial charge in [-0.15, -0.1) is 0 Å². The number of nitrogens with two attached hydrogens (primary N) is 1. The van der Waals surface area contributed by atoms with Gasteiger partial charge >= 0.3 is 0 Å². The van der Waals surface area contributed by atoms with Gasteiger partial charge < -0.3 is 15.8 Å². The van der Waals surface area contributed by atoms with Gasteiger partial charge in [0.15, 0.2) is 17.4 Å². The summed E-state index contributed by atoms with van der Waals surface area (Å²) in [5.41, 5.74) is 6.95. The Balaban J connectivity index is 2.28. The highest BCUT2D eigenvalue weighted by atomic mass is 79.9. The zero-order valence-electron chi connectivity index (χ0n) is 9.58. The second kappa shape index (κ2) is 5.22. The number of hydrogen-bond acceptors (Lipinski definition) is 4. The van der Waals surface area contributed by atoms with Crippen LogP contribution in [0.5, 0.6) is 5.75 Å². The molecule has 0 fully saturated rings. The van der Waals surface area contributed by atoms with E-state index in [4.69, 9.17) is 10.5 Å². The van der Waals surface area contributed by atoms with E-state index in [0.29, 0.717) is 17.2 Å². The minimum atomic E-state index is -0.417. The Labute approximate surface area is 112 Å². The number of rotatable bonds is 3. The highest BCUT2D eigenvalue weighted by Gasteiger charge is 2.06. The maximum Gasteiger partial charge on any atom is 0.165 e. The van der Waals surface area contributed by atoms with Crippen molar-refractivity contribution in [1.29, 1.82) is 0 Å². The molecule has 1 aromatic carbocycles. The number of pyridine rings is 1. The predicted octanol–water partition coefficient (Wildman–Crippen LogP) is 3.32. The molecule has 94 valence electrons. The van der Waals surface area contributed by atoms with Crippen LogP contribution in [-0.2, 0) is 0 Å². The standard InChI is InChI=1S/C12H11BrFN3O/c1-18-11-5-8(2-3-9(11)14)17-12-10(15)4-7(13)6-16-12/h2-6H,15H2,1H3,(H,16,17). The van der Waals surface area contributed by atoms with Gasteiger partial charge in [-0.2, -0.15) is 0 Å². The zero-order chi connectivity index (χ0) is 13.1. The van der Waals surface area contributed by atoms with Crippen LogP contribution in [0.1, 0.15) is 0 Å². The number of anilines is 3. The lowest BCUT2D eigenvalue weighted by molar-refractivity contribution is 0.387. The normalized spacial score (nSPS) is 10.2. The Morgan fingerprint density at radius 1 is 1.39 bits per heavy atom. The van der Waals surface area contributed by atoms with E-state index in [2.05, 4.69) is 26.2 Å². The van der Waals surface area contributed by atoms with Gasteiger partial charge in [0, 0.05) is 22.4 Å². The molecule has 2 rings (SSSR count). The lowest BCUT2D eigenvalue weighted by Crippen LogP contribution is -1.99. The predicted molar refractivity (Wildman–Crippen MR) is 72.6 cm³/mol. The summed E-state index contributed by atoms with van der Waals surface area (Å²) in [6.07, 6.45) is 1.62. The van der Waals surface area contributed by atoms with Gasteiger partial charge in [-0.3, -0.25) is 0 Å². The van der Waals surface area contributed by atoms with Gasteiger partial charge in [0.2, 0.25) is 0 Å². The second-order valence-electron chi connectivity index (χ2n) is 3.57. The third-order valence-electron chi connectivity index (χ3n) is 2.30. The maximum absolute atomic E-state index is 13.2. The summed E-state index contributed by atoms with van der Waals surface area (Å²) < 4.78 is 18.9. The monoisotopic (exact) mass is 311 g/mol. The van der Waals surface area contributed by atoms with Gasteiger partial charge in [-0.05, 0) is 34.1 Å². The fraction of sp³-hybridized carbons (Fsp3) is 0.0833. The summed E-state index contributed by atoms with van der Waals surface area (Å²) in [7, 11) is 1.41. The molecule has 3 N–H and O–H groups in total. The lowest BCUT2D eigenvalue weighted by Gasteiger charge is -2.10. The van der Waals surface area contributed by atoms with E-state index in [-0.39, 0.29) is 5.75 Å². The molecule has 18 heavy (non-hydrogen) atoms. The number of benzene rings is 1. The van der Waals surface area contributed by atoms with Crippen molar-refractivity contribution in [3.8, 4) is 5.75 Å². The summed E-state index contributed by atoms with van der Waals surface area (Å²) in [6, 6.07) is 6.17. The number of ether oxygens (including phenoxy) is 1. The average Bonchev–Trinajstić information content (AvgIpc) is 2.35. The van der Waals surface area contributed by atoms with Crippen LogP contribution in [0.3, 0.4) is 0 Å². The van der Waals surface area contributed by atoms with Gasteiger partial charge in [0.05, 0.1) is 12.8 Å². The molecule has 0 amide bonds. The van der Waals surface area contributed by atoms with E-state index < -0.39 is 5.82 Å². The Kier molecular flexibility index (Phi) is 3.66. The SMILES string of the molecule is COc1cc(Nc2ncc(Br)cc2N)ccc1F. The van der Waals surface area contributed by atoms with Crippen LogP contribution in [0.25, 0.3) is 0 Å². The quantitative estimate of drug-likeness (QED) is 0.913. The number of nitrogen functional groups attached to an aromatic ring is 1. The first-order valence-corrected chi connectivity index (χ1v) is 5.91. The molecule has 6 heteroatoms. The van der Waals surface area contributed by atoms with Crippen molar-refractivity contribution in [2.75, 3.05) is 18.2 Å². The minimum absolute atomic E-state index is 0.163. The van der Waals surface area contributed by atoms with E-state index in [1.165, 1.54) is 13.2 Å². The fourth-order valence-electron chi connectivity index (χ4n) is 1.43. The Bertz CT molecular complexity index is 577. The van der Waals surface area contributed by atoms with Crippen LogP contribution >= 0.6 is 15.9 Å². The Morgan fingerprint density at radius 3 is 2.83 bits per heavy atom. The van der Waals surface area contributed by atoms with Crippen LogP contribution in [0, 0.1) is 5.82 Å². The van der Waals surface area contributed by atoms with Crippen molar-refractivity contribution in [2.45, 2.75) is 0 Å². The summed E-state index contributed by atoms with van der Waals surface area (Å²) in [6.45, 7) is 0. The van der Waals surface area contributed by atoms with Crippen LogP contribution in [0.2, 0.25) is 0 Å². The van der Waals surface area contributed by atoms with Gasteiger partial charge in [0.25, 0.3) is 0 Å². The van der Waals surface area contributed by atoms with E-state index in [0.717, 1.165) is 4.47 Å². The molecule has 0 unspecified atom stereocenters. The number of aromatic nitrogens is 1. The molecule has 0 aliphatic rings. The average molecular weight is 312 g/mol. The Hall–Kier alpha value is -1.82. The van der Waals surface area contributed by atoms with Crippen LogP contribution in [0.4, 0.5) is 21.6 Å². The van der Waals surface area contributed by atoms with Crippen molar-refractivity contribution in [3.63, 3.8) is 0 Å². The minimum Gasteiger partial charge on any atom is -0.494 e. The maximum atomic E-state index is 13.2. The lowest BCUT2D eigenvalue weighted by atomic mass is 10.3. The molecule has 0 bridgehead atoms. The largest absolute Gasteiger partial charge is 0.494 e. The van der Waals surface area contributed by atoms with Crippen molar-refractivity contribution in [1.82, 2.24) is 4.98 Å². The number of methoxy groups -OCH3 is 1. The smallest absolute Gasteiger partial charge is 0.165 e. The van der Waals surface area contributed by atoms with Gasteiger partial charge in [0.1, 0.15) is 0 Å². The Morgan fingerprint density at radius 2 is 2.17 bits per heavy atom. The van der Waals surface area contributed by atoms with E-state index in [9.17, 15) is 4.39 Å². The summed E-state index contributed by atoms with van der Waals surface area (Å²) >= 11 is 3.27. The van der Waals surface area contributed by atoms with Crippen molar-refractivity contribution in [2.24, 2.45) is 0 Å². The number of halogens is 2. The molecule has 0 aliphatic carbocycles. The van der Waals surface area contributed by atoms with Gasteiger partial charge in [-0.1, -0.05) is 0 Å². The highest BCUT2D eigenvalue weighted by molar-refractivity contribution is 9.10. The van der Waals surface area contributed by atoms with Crippen LogP contribution in [-0.4, -0.2) is 12.1 Å². The first-order chi connectivity index (χ1) is 8.60. The first-order valence-electron chi connectivity index (χ1n) is 5.11. The molecular formula is C12H11BrFN3O. The zero-order valence-corrected chi connectivity index (χ0v) is 11.2. The second-order valence-corrected chi connectivity index (χ2v) is 4.48. The van der Waals surface area contributed by atoms with E-state index in [1.807, 2.05) is 0 Å². The van der Waals surface area contributed by atoms with Crippen LogP contribution in [0.15, 0.2) is 34.9 Å². The summed E-state index contributed by atoms with van der Waals surface area (Å²) in [5, 5.41) is 3.00. The number of nitrogens with one attached hydrogen (secondary N) is 1. The molecule has 1 heterocycles. The van der Waals surface area contributed by atoms with Gasteiger partial charge in [-0.25, -0.2) is 9.37 Å². The molecule has 0 spiro atoms. The molecule has 4 nitrogen and oxygen atoms in total. The first kappa shape index (κ1) is 12.6. The third kappa shape index (κ3) is 2.70. The molecule has 1 aromatic heterocycles. The highest BCUT2D eigenvalue weighted by Crippen LogP contribution is 2.27. The van der Waals surface area contributed by atoms with Crippen molar-refractivity contribution in [3.05, 3.63) is 40.8 Å². The van der Waals surface area contributed by atoms with E-state index in [1.54, 1.807) is 24.4 Å². The fourth-order valence-corrected chi connectivity index (χ4v) is 1.78. The van der Waals surface area contributed by atoms with Crippen molar-refractivity contribution < 1.29 is 9.13 Å². The molecule has 2 aromatic rings. The number of hydrogen-bond donors (Lipinski definition) is 2. The van der Waals surface area contributed by atoms with Crippen molar-refractivity contribution >= 4 is 33.1 Å². The van der Waals surface area contributed by atoms with Crippen LogP contribution < -0.4 is 15.8 Å². The molecular weight excluding hydrogens is 301 g/mol. The topological polar surface area (TPSA) is 60.2 Å². The molecule has 0 aliphatic heterocycles. The molecule has 0 atom stereocenters. The molecule has 0 saturated carbocycles. The summed E-state index contributed by atoms with van der Waals surface area (Å²) in [4.78, 5) is 4.13.